The number of hydrogen-bond acceptors (Lipinski definition) is 3. The molecule has 5 heterocycles. The Morgan fingerprint density at radius 2 is 1.06 bits per heavy atom. The zero-order valence-corrected chi connectivity index (χ0v) is 35.1. The lowest BCUT2D eigenvalue weighted by Gasteiger charge is -2.20. The van der Waals surface area contributed by atoms with Crippen LogP contribution in [0.2, 0.25) is 0 Å². The lowest BCUT2D eigenvalue weighted by molar-refractivity contribution is -0.570. The second-order valence-electron chi connectivity index (χ2n) is 17.2. The molecule has 1 aliphatic heterocycles. The monoisotopic (exact) mass is 811 g/mol. The molecule has 7 aromatic carbocycles. The maximum absolute atomic E-state index is 6.76. The molecule has 0 fully saturated rings. The first kappa shape index (κ1) is 36.7. The number of aromatic nitrogens is 5. The van der Waals surface area contributed by atoms with Crippen LogP contribution in [0.5, 0.6) is 11.5 Å². The highest BCUT2D eigenvalue weighted by atomic mass is 16.5. The van der Waals surface area contributed by atoms with Crippen molar-refractivity contribution in [3.63, 3.8) is 0 Å². The number of nitrogens with zero attached hydrogens (tertiary/aromatic N) is 5. The zero-order chi connectivity index (χ0) is 42.2. The van der Waals surface area contributed by atoms with Crippen molar-refractivity contribution in [1.29, 1.82) is 0 Å². The molecule has 0 N–H and O–H groups in total. The third-order valence-corrected chi connectivity index (χ3v) is 12.4. The molecule has 300 valence electrons. The van der Waals surface area contributed by atoms with Crippen LogP contribution >= 0.6 is 0 Å². The standard InChI is InChI=1S/C57H41N5O/c1-57(2,3)38-29-31-59-54(33-38)62-50-25-12-11-21-46(50)47-28-27-39(34-52(47)62)63-40-30-32-58-53(35-40)60-36-61-55-41(37-15-5-4-6-16-37)22-13-23-48(55)44-19-9-7-17-42(44)43-18-8-10-20-45(43)49-24-14-26-51(60)56(49)61/h4-35H,1-3H3. The van der Waals surface area contributed by atoms with Gasteiger partial charge in [0.2, 0.25) is 0 Å². The summed E-state index contributed by atoms with van der Waals surface area (Å²) in [5.74, 6) is 2.95. The minimum absolute atomic E-state index is 0.0218. The van der Waals surface area contributed by atoms with E-state index in [4.69, 9.17) is 14.7 Å². The Bertz CT molecular complexity index is 3590. The molecule has 11 aromatic rings. The zero-order valence-electron chi connectivity index (χ0n) is 35.1. The molecule has 0 bridgehead atoms. The average Bonchev–Trinajstić information content (AvgIpc) is 3.88. The molecule has 12 rings (SSSR count). The number of pyridine rings is 2. The van der Waals surface area contributed by atoms with Gasteiger partial charge in [-0.15, -0.1) is 0 Å². The Morgan fingerprint density at radius 1 is 0.476 bits per heavy atom. The van der Waals surface area contributed by atoms with Crippen molar-refractivity contribution >= 4 is 32.8 Å². The summed E-state index contributed by atoms with van der Waals surface area (Å²) in [6, 6.07) is 64.3. The summed E-state index contributed by atoms with van der Waals surface area (Å²) in [5.41, 5.74) is 15.6. The van der Waals surface area contributed by atoms with E-state index in [1.165, 1.54) is 22.1 Å². The van der Waals surface area contributed by atoms with Gasteiger partial charge in [-0.2, -0.15) is 0 Å². The van der Waals surface area contributed by atoms with E-state index in [9.17, 15) is 0 Å². The lowest BCUT2D eigenvalue weighted by atomic mass is 9.88. The van der Waals surface area contributed by atoms with Gasteiger partial charge < -0.3 is 4.74 Å². The molecule has 6 heteroatoms. The van der Waals surface area contributed by atoms with E-state index in [1.807, 2.05) is 30.6 Å². The smallest absolute Gasteiger partial charge is 0.271 e. The van der Waals surface area contributed by atoms with Crippen LogP contribution in [-0.2, 0) is 5.41 Å². The van der Waals surface area contributed by atoms with Crippen molar-refractivity contribution in [2.45, 2.75) is 26.2 Å². The predicted octanol–water partition coefficient (Wildman–Crippen LogP) is 13.7. The maximum Gasteiger partial charge on any atom is 0.271 e. The molecule has 0 saturated carbocycles. The van der Waals surface area contributed by atoms with Gasteiger partial charge in [0.1, 0.15) is 17.3 Å². The quantitative estimate of drug-likeness (QED) is 0.128. The second kappa shape index (κ2) is 14.3. The van der Waals surface area contributed by atoms with Crippen molar-refractivity contribution in [2.75, 3.05) is 0 Å². The molecule has 1 aliphatic rings. The van der Waals surface area contributed by atoms with Crippen LogP contribution in [0.1, 0.15) is 26.3 Å². The van der Waals surface area contributed by atoms with Crippen molar-refractivity contribution < 1.29 is 9.30 Å². The van der Waals surface area contributed by atoms with Crippen molar-refractivity contribution in [1.82, 2.24) is 19.1 Å². The van der Waals surface area contributed by atoms with E-state index in [0.29, 0.717) is 17.3 Å². The van der Waals surface area contributed by atoms with Crippen LogP contribution in [0, 0.1) is 6.33 Å². The molecule has 0 saturated heterocycles. The highest BCUT2D eigenvalue weighted by molar-refractivity contribution is 6.09. The normalized spacial score (nSPS) is 12.0. The van der Waals surface area contributed by atoms with E-state index in [2.05, 4.69) is 205 Å². The van der Waals surface area contributed by atoms with E-state index < -0.39 is 0 Å². The predicted molar refractivity (Wildman–Crippen MR) is 254 cm³/mol. The molecule has 63 heavy (non-hydrogen) atoms. The summed E-state index contributed by atoms with van der Waals surface area (Å²) < 4.78 is 13.3. The van der Waals surface area contributed by atoms with Crippen molar-refractivity contribution in [3.8, 4) is 73.3 Å². The summed E-state index contributed by atoms with van der Waals surface area (Å²) >= 11 is 0. The highest BCUT2D eigenvalue weighted by Crippen LogP contribution is 2.45. The van der Waals surface area contributed by atoms with Gasteiger partial charge in [0.15, 0.2) is 5.82 Å². The molecular formula is C57H41N5O. The fourth-order valence-corrected chi connectivity index (χ4v) is 9.45. The lowest BCUT2D eigenvalue weighted by Crippen LogP contribution is -2.32. The summed E-state index contributed by atoms with van der Waals surface area (Å²) in [6.07, 6.45) is 7.57. The van der Waals surface area contributed by atoms with Crippen LogP contribution in [0.4, 0.5) is 0 Å². The van der Waals surface area contributed by atoms with Crippen LogP contribution in [0.3, 0.4) is 0 Å². The first-order chi connectivity index (χ1) is 30.9. The molecule has 0 radical (unpaired) electrons. The first-order valence-electron chi connectivity index (χ1n) is 21.4. The van der Waals surface area contributed by atoms with Crippen LogP contribution < -0.4 is 9.30 Å². The third-order valence-electron chi connectivity index (χ3n) is 12.4. The minimum Gasteiger partial charge on any atom is -0.458 e. The van der Waals surface area contributed by atoms with E-state index in [1.54, 1.807) is 0 Å². The first-order valence-corrected chi connectivity index (χ1v) is 21.4. The Balaban J connectivity index is 1.04. The van der Waals surface area contributed by atoms with E-state index in [-0.39, 0.29) is 5.41 Å². The largest absolute Gasteiger partial charge is 0.458 e. The Morgan fingerprint density at radius 3 is 1.86 bits per heavy atom. The van der Waals surface area contributed by atoms with E-state index >= 15 is 0 Å². The maximum atomic E-state index is 6.76. The number of para-hydroxylation sites is 3. The van der Waals surface area contributed by atoms with Gasteiger partial charge in [0, 0.05) is 35.3 Å². The number of fused-ring (bicyclic) bond motifs is 10. The Labute approximate surface area is 365 Å². The van der Waals surface area contributed by atoms with Gasteiger partial charge in [-0.25, -0.2) is 4.98 Å². The second-order valence-corrected chi connectivity index (χ2v) is 17.2. The fourth-order valence-electron chi connectivity index (χ4n) is 9.45. The van der Waals surface area contributed by atoms with Crippen molar-refractivity contribution in [2.24, 2.45) is 0 Å². The summed E-state index contributed by atoms with van der Waals surface area (Å²) in [6.45, 7) is 6.70. The number of imidazole rings is 1. The van der Waals surface area contributed by atoms with Gasteiger partial charge in [-0.3, -0.25) is 18.7 Å². The third kappa shape index (κ3) is 5.98. The number of benzene rings is 7. The summed E-state index contributed by atoms with van der Waals surface area (Å²) in [7, 11) is 0. The van der Waals surface area contributed by atoms with Crippen LogP contribution in [-0.4, -0.2) is 19.1 Å². The van der Waals surface area contributed by atoms with Gasteiger partial charge in [-0.05, 0) is 91.9 Å². The molecule has 0 atom stereocenters. The fraction of sp³-hybridized carbons (Fsp3) is 0.0702. The number of hydrogen-bond donors (Lipinski definition) is 0. The van der Waals surface area contributed by atoms with Crippen molar-refractivity contribution in [3.05, 3.63) is 206 Å². The molecule has 0 amide bonds. The number of ether oxygens (including phenoxy) is 1. The van der Waals surface area contributed by atoms with Crippen LogP contribution in [0.25, 0.3) is 94.7 Å². The molecule has 4 aromatic heterocycles. The highest BCUT2D eigenvalue weighted by Gasteiger charge is 2.26. The topological polar surface area (TPSA) is 48.8 Å². The SMILES string of the molecule is CC(C)(C)c1ccnc(-n2c3ccccc3c3ccc(Oc4ccnc(-n5[c-][n+]6c7c(cccc75)-c5ccccc5-c5ccccc5-c5cccc(-c7ccccc7)c5-6)c4)cc32)c1. The molecule has 0 unspecified atom stereocenters. The van der Waals surface area contributed by atoms with Gasteiger partial charge in [0.25, 0.3) is 6.33 Å². The number of rotatable bonds is 5. The Hall–Kier alpha value is -8.09. The summed E-state index contributed by atoms with van der Waals surface area (Å²) in [5, 5.41) is 2.30. The van der Waals surface area contributed by atoms with Gasteiger partial charge in [0.05, 0.1) is 27.8 Å². The van der Waals surface area contributed by atoms with E-state index in [0.717, 1.165) is 72.3 Å². The molecule has 6 nitrogen and oxygen atoms in total. The molecule has 0 spiro atoms. The molecule has 0 aliphatic carbocycles. The Kier molecular flexibility index (Phi) is 8.31. The van der Waals surface area contributed by atoms with Gasteiger partial charge in [-0.1, -0.05) is 154 Å². The average molecular weight is 812 g/mol. The summed E-state index contributed by atoms with van der Waals surface area (Å²) in [4.78, 5) is 9.85. The molecular weight excluding hydrogens is 771 g/mol. The van der Waals surface area contributed by atoms with Crippen LogP contribution in [0.15, 0.2) is 194 Å². The van der Waals surface area contributed by atoms with Gasteiger partial charge >= 0.3 is 0 Å². The minimum atomic E-state index is -0.0218.